The fraction of sp³-hybridized carbons (Fsp3) is 0.938. The molecule has 20 heavy (non-hydrogen) atoms. The van der Waals surface area contributed by atoms with E-state index in [1.54, 1.807) is 0 Å². The zero-order valence-corrected chi connectivity index (χ0v) is 13.6. The first kappa shape index (κ1) is 19.4. The smallest absolute Gasteiger partial charge is 0.305 e. The van der Waals surface area contributed by atoms with Gasteiger partial charge in [-0.15, -0.1) is 0 Å². The van der Waals surface area contributed by atoms with Crippen molar-refractivity contribution in [3.05, 3.63) is 0 Å². The number of carbonyl (C=O) groups excluding carboxylic acids is 1. The molecule has 0 saturated heterocycles. The molecule has 4 nitrogen and oxygen atoms in total. The molecule has 0 heterocycles. The fourth-order valence-corrected chi connectivity index (χ4v) is 2.33. The molecular formula is C16H33NO3. The minimum Gasteiger partial charge on any atom is -0.469 e. The van der Waals surface area contributed by atoms with E-state index in [-0.39, 0.29) is 12.1 Å². The maximum atomic E-state index is 10.9. The van der Waals surface area contributed by atoms with Gasteiger partial charge in [0.1, 0.15) is 0 Å². The first-order valence-electron chi connectivity index (χ1n) is 8.11. The van der Waals surface area contributed by atoms with Crippen molar-refractivity contribution in [2.45, 2.75) is 71.3 Å². The lowest BCUT2D eigenvalue weighted by Crippen LogP contribution is -2.32. The van der Waals surface area contributed by atoms with Crippen LogP contribution in [0.2, 0.25) is 0 Å². The topological polar surface area (TPSA) is 49.8 Å². The van der Waals surface area contributed by atoms with Gasteiger partial charge in [0.05, 0.1) is 13.2 Å². The van der Waals surface area contributed by atoms with Crippen LogP contribution in [0.4, 0.5) is 0 Å². The minimum atomic E-state index is -0.186. The van der Waals surface area contributed by atoms with Gasteiger partial charge in [-0.1, -0.05) is 46.0 Å². The second-order valence-corrected chi connectivity index (χ2v) is 5.38. The van der Waals surface area contributed by atoms with Crippen LogP contribution in [0.5, 0.6) is 0 Å². The fourth-order valence-electron chi connectivity index (χ4n) is 2.33. The zero-order chi connectivity index (χ0) is 15.2. The average Bonchev–Trinajstić information content (AvgIpc) is 2.46. The Hall–Kier alpha value is -0.610. The average molecular weight is 287 g/mol. The van der Waals surface area contributed by atoms with Crippen LogP contribution >= 0.6 is 0 Å². The molecule has 1 atom stereocenters. The molecule has 0 saturated carbocycles. The van der Waals surface area contributed by atoms with Gasteiger partial charge in [-0.05, 0) is 25.9 Å². The monoisotopic (exact) mass is 287 g/mol. The van der Waals surface area contributed by atoms with Gasteiger partial charge in [0.15, 0.2) is 0 Å². The number of carbonyl (C=O) groups is 1. The number of likely N-dealkylation sites (N-methyl/N-ethyl adjacent to an activating group) is 1. The number of nitrogens with zero attached hydrogens (tertiary/aromatic N) is 1. The SMILES string of the molecule is CCN(CC)C[C@@H](O)CCCCCCCCC(=O)OC. The Balaban J connectivity index is 3.33. The third kappa shape index (κ3) is 11.2. The van der Waals surface area contributed by atoms with Crippen molar-refractivity contribution >= 4 is 5.97 Å². The molecule has 0 aromatic heterocycles. The van der Waals surface area contributed by atoms with E-state index in [9.17, 15) is 9.90 Å². The predicted molar refractivity (Wildman–Crippen MR) is 82.7 cm³/mol. The van der Waals surface area contributed by atoms with Gasteiger partial charge in [0, 0.05) is 13.0 Å². The summed E-state index contributed by atoms with van der Waals surface area (Å²) in [5.41, 5.74) is 0. The van der Waals surface area contributed by atoms with E-state index in [1.807, 2.05) is 0 Å². The molecular weight excluding hydrogens is 254 g/mol. The zero-order valence-electron chi connectivity index (χ0n) is 13.6. The Labute approximate surface area is 124 Å². The summed E-state index contributed by atoms with van der Waals surface area (Å²) in [7, 11) is 1.44. The molecule has 0 aliphatic heterocycles. The number of unbranched alkanes of at least 4 members (excludes halogenated alkanes) is 5. The van der Waals surface area contributed by atoms with Gasteiger partial charge in [0.25, 0.3) is 0 Å². The number of ether oxygens (including phenoxy) is 1. The van der Waals surface area contributed by atoms with E-state index < -0.39 is 0 Å². The predicted octanol–water partition coefficient (Wildman–Crippen LogP) is 2.98. The van der Waals surface area contributed by atoms with Crippen LogP contribution in [0.3, 0.4) is 0 Å². The lowest BCUT2D eigenvalue weighted by molar-refractivity contribution is -0.140. The molecule has 0 fully saturated rings. The minimum absolute atomic E-state index is 0.107. The number of esters is 1. The highest BCUT2D eigenvalue weighted by molar-refractivity contribution is 5.68. The number of aliphatic hydroxyl groups excluding tert-OH is 1. The third-order valence-corrected chi connectivity index (χ3v) is 3.76. The molecule has 0 bridgehead atoms. The summed E-state index contributed by atoms with van der Waals surface area (Å²) in [5.74, 6) is -0.107. The molecule has 0 amide bonds. The molecule has 0 aliphatic carbocycles. The molecule has 120 valence electrons. The van der Waals surface area contributed by atoms with Crippen LogP contribution in [-0.4, -0.2) is 48.8 Å². The highest BCUT2D eigenvalue weighted by Gasteiger charge is 2.08. The Morgan fingerprint density at radius 2 is 1.60 bits per heavy atom. The van der Waals surface area contributed by atoms with Crippen LogP contribution in [-0.2, 0) is 9.53 Å². The van der Waals surface area contributed by atoms with Gasteiger partial charge in [-0.25, -0.2) is 0 Å². The summed E-state index contributed by atoms with van der Waals surface area (Å²) in [6, 6.07) is 0. The lowest BCUT2D eigenvalue weighted by Gasteiger charge is -2.21. The van der Waals surface area contributed by atoms with Crippen LogP contribution in [0.25, 0.3) is 0 Å². The molecule has 4 heteroatoms. The van der Waals surface area contributed by atoms with Crippen molar-refractivity contribution in [3.8, 4) is 0 Å². The van der Waals surface area contributed by atoms with Crippen molar-refractivity contribution in [3.63, 3.8) is 0 Å². The molecule has 0 spiro atoms. The van der Waals surface area contributed by atoms with Gasteiger partial charge < -0.3 is 14.7 Å². The highest BCUT2D eigenvalue weighted by Crippen LogP contribution is 2.10. The van der Waals surface area contributed by atoms with E-state index in [0.29, 0.717) is 6.42 Å². The van der Waals surface area contributed by atoms with E-state index in [1.165, 1.54) is 26.4 Å². The van der Waals surface area contributed by atoms with Crippen molar-refractivity contribution in [1.29, 1.82) is 0 Å². The molecule has 0 aromatic carbocycles. The van der Waals surface area contributed by atoms with Gasteiger partial charge >= 0.3 is 5.97 Å². The number of rotatable bonds is 13. The van der Waals surface area contributed by atoms with E-state index >= 15 is 0 Å². The van der Waals surface area contributed by atoms with Crippen LogP contribution in [0.15, 0.2) is 0 Å². The van der Waals surface area contributed by atoms with Crippen molar-refractivity contribution in [1.82, 2.24) is 4.90 Å². The molecule has 0 rings (SSSR count). The van der Waals surface area contributed by atoms with Crippen LogP contribution < -0.4 is 0 Å². The second-order valence-electron chi connectivity index (χ2n) is 5.38. The molecule has 0 radical (unpaired) electrons. The first-order valence-corrected chi connectivity index (χ1v) is 8.11. The quantitative estimate of drug-likeness (QED) is 0.418. The maximum Gasteiger partial charge on any atom is 0.305 e. The van der Waals surface area contributed by atoms with Gasteiger partial charge in [0.2, 0.25) is 0 Å². The van der Waals surface area contributed by atoms with Crippen molar-refractivity contribution < 1.29 is 14.6 Å². The van der Waals surface area contributed by atoms with E-state index in [4.69, 9.17) is 0 Å². The van der Waals surface area contributed by atoms with Crippen molar-refractivity contribution in [2.75, 3.05) is 26.7 Å². The summed E-state index contributed by atoms with van der Waals surface area (Å²) >= 11 is 0. The summed E-state index contributed by atoms with van der Waals surface area (Å²) in [5, 5.41) is 9.92. The van der Waals surface area contributed by atoms with Crippen molar-refractivity contribution in [2.24, 2.45) is 0 Å². The summed E-state index contributed by atoms with van der Waals surface area (Å²) in [6.45, 7) is 7.07. The summed E-state index contributed by atoms with van der Waals surface area (Å²) < 4.78 is 4.60. The van der Waals surface area contributed by atoms with E-state index in [2.05, 4.69) is 23.5 Å². The second kappa shape index (κ2) is 13.4. The first-order chi connectivity index (χ1) is 9.63. The summed E-state index contributed by atoms with van der Waals surface area (Å²) in [4.78, 5) is 13.2. The molecule has 1 N–H and O–H groups in total. The van der Waals surface area contributed by atoms with Crippen LogP contribution in [0, 0.1) is 0 Å². The molecule has 0 unspecified atom stereocenters. The van der Waals surface area contributed by atoms with Gasteiger partial charge in [-0.3, -0.25) is 4.79 Å². The molecule has 0 aromatic rings. The number of hydrogen-bond donors (Lipinski definition) is 1. The maximum absolute atomic E-state index is 10.9. The molecule has 0 aliphatic rings. The standard InChI is InChI=1S/C16H33NO3/c1-4-17(5-2)14-15(18)12-10-8-6-7-9-11-13-16(19)20-3/h15,18H,4-14H2,1-3H3/t15-/m0/s1. The Morgan fingerprint density at radius 3 is 2.15 bits per heavy atom. The van der Waals surface area contributed by atoms with E-state index in [0.717, 1.165) is 45.3 Å². The lowest BCUT2D eigenvalue weighted by atomic mass is 10.1. The van der Waals surface area contributed by atoms with Gasteiger partial charge in [-0.2, -0.15) is 0 Å². The number of hydrogen-bond acceptors (Lipinski definition) is 4. The Morgan fingerprint density at radius 1 is 1.05 bits per heavy atom. The Kier molecular flexibility index (Phi) is 13.0. The normalized spacial score (nSPS) is 12.7. The number of methoxy groups -OCH3 is 1. The summed E-state index contributed by atoms with van der Waals surface area (Å²) in [6.07, 6.45) is 7.91. The number of aliphatic hydroxyl groups is 1. The van der Waals surface area contributed by atoms with Crippen LogP contribution in [0.1, 0.15) is 65.2 Å². The third-order valence-electron chi connectivity index (χ3n) is 3.76. The highest BCUT2D eigenvalue weighted by atomic mass is 16.5. The largest absolute Gasteiger partial charge is 0.469 e. The Bertz CT molecular complexity index is 230.